The molecule has 3 aliphatic heterocycles. The summed E-state index contributed by atoms with van der Waals surface area (Å²) < 4.78 is 19.1. The molecule has 0 saturated carbocycles. The maximum absolute atomic E-state index is 13.2. The Morgan fingerprint density at radius 2 is 1.84 bits per heavy atom. The minimum Gasteiger partial charge on any atom is -0.506 e. The van der Waals surface area contributed by atoms with Crippen molar-refractivity contribution in [3.63, 3.8) is 0 Å². The van der Waals surface area contributed by atoms with Crippen molar-refractivity contribution < 1.29 is 23.5 Å². The van der Waals surface area contributed by atoms with Crippen molar-refractivity contribution in [3.8, 4) is 16.9 Å². The summed E-state index contributed by atoms with van der Waals surface area (Å²) in [6.45, 7) is 15.2. The molecular formula is C49H57N5O6Si. The summed E-state index contributed by atoms with van der Waals surface area (Å²) in [6.07, 6.45) is 6.90. The van der Waals surface area contributed by atoms with Gasteiger partial charge in [-0.25, -0.2) is 9.78 Å². The minimum atomic E-state index is -2.21. The quantitative estimate of drug-likeness (QED) is 0.0789. The van der Waals surface area contributed by atoms with Crippen LogP contribution in [0.1, 0.15) is 68.7 Å². The van der Waals surface area contributed by atoms with Gasteiger partial charge in [-0.1, -0.05) is 87.5 Å². The van der Waals surface area contributed by atoms with E-state index in [1.807, 2.05) is 60.7 Å². The van der Waals surface area contributed by atoms with Crippen LogP contribution in [0.5, 0.6) is 5.75 Å². The fourth-order valence-electron chi connectivity index (χ4n) is 8.26. The van der Waals surface area contributed by atoms with E-state index in [4.69, 9.17) is 18.6 Å². The van der Waals surface area contributed by atoms with Crippen LogP contribution in [0.25, 0.3) is 39.2 Å². The molecule has 5 heterocycles. The van der Waals surface area contributed by atoms with Crippen molar-refractivity contribution in [1.29, 1.82) is 0 Å². The Bertz CT molecular complexity index is 2590. The number of allylic oxidation sites excluding steroid dienone is 1. The number of nitrogens with zero attached hydrogens (tertiary/aromatic N) is 2. The lowest BCUT2D eigenvalue weighted by atomic mass is 9.86. The van der Waals surface area contributed by atoms with E-state index in [9.17, 15) is 14.7 Å². The standard InChI is InChI=1S/C49H57N5O6Si/c1-49(2,3)61(4,5)60-43(37-18-20-41(55)47-38(37)19-22-45(56)53-47)30-50-29-33-16-21-42-40(28-33)51-46(58-42)14-10-9-11-32-15-17-36(34-12-7-6-8-13-34)39(27-32)52-48(57)59-44-31-54-25-23-35(44)24-26-54/h6-9,11-13,15-22,27-28,35,43-44,50,55H,10,14,23-26,29-31H2,1-5H3,(H,52,57)(H,53,56)/b11-9+/t43-,44-/m0/s1. The number of ether oxygens (including phenoxy) is 1. The first-order valence-corrected chi connectivity index (χ1v) is 24.4. The maximum Gasteiger partial charge on any atom is 0.411 e. The lowest BCUT2D eigenvalue weighted by Gasteiger charge is -2.43. The third kappa shape index (κ3) is 9.84. The number of piperidine rings is 3. The Morgan fingerprint density at radius 3 is 2.59 bits per heavy atom. The van der Waals surface area contributed by atoms with Crippen LogP contribution in [0.2, 0.25) is 18.1 Å². The predicted octanol–water partition coefficient (Wildman–Crippen LogP) is 10.2. The van der Waals surface area contributed by atoms with Crippen molar-refractivity contribution in [2.24, 2.45) is 5.92 Å². The number of carbonyl (C=O) groups excluding carboxylic acids is 1. The predicted molar refractivity (Wildman–Crippen MR) is 245 cm³/mol. The van der Waals surface area contributed by atoms with Crippen LogP contribution in [-0.2, 0) is 22.1 Å². The number of pyridine rings is 1. The number of phenolic OH excluding ortho intramolecular Hbond substituents is 1. The SMILES string of the molecule is CC(C)(C)[Si](C)(C)O[C@@H](CNCc1ccc2oc(CC/C=C/c3ccc(-c4ccccc4)c(NC(=O)O[C@H]4CN5CCC4CC5)c3)nc2c1)c1ccc(O)c2[nH]c(=O)ccc12. The van der Waals surface area contributed by atoms with Crippen LogP contribution in [0.15, 0.2) is 106 Å². The molecule has 318 valence electrons. The Morgan fingerprint density at radius 1 is 1.03 bits per heavy atom. The van der Waals surface area contributed by atoms with Gasteiger partial charge in [-0.2, -0.15) is 0 Å². The maximum atomic E-state index is 13.2. The Balaban J connectivity index is 0.907. The molecule has 3 fully saturated rings. The Kier molecular flexibility index (Phi) is 12.3. The Hall–Kier alpha value is -5.53. The lowest BCUT2D eigenvalue weighted by molar-refractivity contribution is -0.0289. The van der Waals surface area contributed by atoms with Gasteiger partial charge in [0.05, 0.1) is 17.3 Å². The summed E-state index contributed by atoms with van der Waals surface area (Å²) in [6, 6.07) is 29.0. The topological polar surface area (TPSA) is 142 Å². The molecule has 61 heavy (non-hydrogen) atoms. The zero-order valence-electron chi connectivity index (χ0n) is 35.8. The largest absolute Gasteiger partial charge is 0.506 e. The molecule has 12 heteroatoms. The van der Waals surface area contributed by atoms with Crippen LogP contribution < -0.4 is 16.2 Å². The van der Waals surface area contributed by atoms with Gasteiger partial charge in [0.15, 0.2) is 19.8 Å². The lowest BCUT2D eigenvalue weighted by Crippen LogP contribution is -2.52. The Labute approximate surface area is 358 Å². The molecule has 4 aromatic carbocycles. The minimum absolute atomic E-state index is 0.0173. The molecular weight excluding hydrogens is 783 g/mol. The molecule has 9 rings (SSSR count). The number of aryl methyl sites for hydroxylation is 1. The van der Waals surface area contributed by atoms with Crippen molar-refractivity contribution in [2.75, 3.05) is 31.5 Å². The van der Waals surface area contributed by atoms with Crippen LogP contribution in [0, 0.1) is 5.92 Å². The molecule has 3 saturated heterocycles. The number of nitrogens with one attached hydrogen (secondary N) is 3. The highest BCUT2D eigenvalue weighted by Crippen LogP contribution is 2.41. The van der Waals surface area contributed by atoms with Gasteiger partial charge in [-0.05, 0) is 109 Å². The highest BCUT2D eigenvalue weighted by atomic mass is 28.4. The number of hydrogen-bond donors (Lipinski definition) is 4. The molecule has 4 N–H and O–H groups in total. The number of fused-ring (bicyclic) bond motifs is 5. The van der Waals surface area contributed by atoms with Gasteiger partial charge in [-0.15, -0.1) is 0 Å². The van der Waals surface area contributed by atoms with E-state index in [2.05, 4.69) is 78.7 Å². The molecule has 0 aliphatic carbocycles. The van der Waals surface area contributed by atoms with Crippen molar-refractivity contribution >= 4 is 48.2 Å². The zero-order chi connectivity index (χ0) is 42.7. The second-order valence-corrected chi connectivity index (χ2v) is 22.8. The molecule has 3 aliphatic rings. The molecule has 11 nitrogen and oxygen atoms in total. The number of hydrogen-bond acceptors (Lipinski definition) is 9. The number of carbonyl (C=O) groups is 1. The molecule has 0 radical (unpaired) electrons. The smallest absolute Gasteiger partial charge is 0.411 e. The van der Waals surface area contributed by atoms with Crippen LogP contribution in [0.4, 0.5) is 10.5 Å². The first-order chi connectivity index (χ1) is 29.3. The summed E-state index contributed by atoms with van der Waals surface area (Å²) in [4.78, 5) is 35.3. The zero-order valence-corrected chi connectivity index (χ0v) is 36.8. The molecule has 0 spiro atoms. The monoisotopic (exact) mass is 839 g/mol. The van der Waals surface area contributed by atoms with Crippen LogP contribution in [-0.4, -0.2) is 66.7 Å². The number of amides is 1. The molecule has 0 unspecified atom stereocenters. The molecule has 2 aromatic heterocycles. The van der Waals surface area contributed by atoms with Gasteiger partial charge < -0.3 is 29.0 Å². The van der Waals surface area contributed by atoms with Gasteiger partial charge in [0.1, 0.15) is 17.4 Å². The average molecular weight is 840 g/mol. The summed E-state index contributed by atoms with van der Waals surface area (Å²) in [7, 11) is -2.21. The molecule has 2 atom stereocenters. The van der Waals surface area contributed by atoms with Crippen molar-refractivity contribution in [1.82, 2.24) is 20.2 Å². The van der Waals surface area contributed by atoms with Gasteiger partial charge in [-0.3, -0.25) is 15.0 Å². The normalized spacial score (nSPS) is 18.5. The number of rotatable bonds is 14. The second-order valence-electron chi connectivity index (χ2n) is 18.0. The van der Waals surface area contributed by atoms with E-state index in [1.54, 1.807) is 12.1 Å². The summed E-state index contributed by atoms with van der Waals surface area (Å²) in [5.74, 6) is 1.13. The number of aromatic nitrogens is 2. The summed E-state index contributed by atoms with van der Waals surface area (Å²) in [5.41, 5.74) is 7.31. The van der Waals surface area contributed by atoms with Gasteiger partial charge >= 0.3 is 6.09 Å². The van der Waals surface area contributed by atoms with E-state index in [1.165, 1.54) is 6.07 Å². The van der Waals surface area contributed by atoms with Gasteiger partial charge in [0.25, 0.3) is 0 Å². The molecule has 6 aromatic rings. The van der Waals surface area contributed by atoms with E-state index < -0.39 is 14.4 Å². The summed E-state index contributed by atoms with van der Waals surface area (Å²) >= 11 is 0. The third-order valence-corrected chi connectivity index (χ3v) is 17.2. The van der Waals surface area contributed by atoms with Gasteiger partial charge in [0, 0.05) is 43.1 Å². The van der Waals surface area contributed by atoms with E-state index in [0.29, 0.717) is 42.5 Å². The van der Waals surface area contributed by atoms with E-state index >= 15 is 0 Å². The number of phenols is 1. The number of aromatic amines is 1. The van der Waals surface area contributed by atoms with E-state index in [0.717, 1.165) is 83.2 Å². The summed E-state index contributed by atoms with van der Waals surface area (Å²) in [5, 5.41) is 18.0. The third-order valence-electron chi connectivity index (χ3n) is 12.7. The number of benzene rings is 4. The molecule has 1 amide bonds. The fraction of sp³-hybridized carbons (Fsp3) is 0.367. The van der Waals surface area contributed by atoms with Crippen molar-refractivity contribution in [2.45, 2.75) is 83.3 Å². The highest BCUT2D eigenvalue weighted by Gasteiger charge is 2.40. The first-order valence-electron chi connectivity index (χ1n) is 21.5. The first kappa shape index (κ1) is 42.2. The number of oxazole rings is 1. The number of anilines is 1. The highest BCUT2D eigenvalue weighted by molar-refractivity contribution is 6.74. The van der Waals surface area contributed by atoms with Crippen LogP contribution >= 0.6 is 0 Å². The van der Waals surface area contributed by atoms with Gasteiger partial charge in [0.2, 0.25) is 5.56 Å². The molecule has 2 bridgehead atoms. The average Bonchev–Trinajstić information content (AvgIpc) is 3.65. The second kappa shape index (κ2) is 17.8. The number of aromatic hydroxyl groups is 1. The van der Waals surface area contributed by atoms with Crippen LogP contribution in [0.3, 0.4) is 0 Å². The van der Waals surface area contributed by atoms with E-state index in [-0.39, 0.29) is 28.6 Å². The number of H-pyrrole nitrogens is 1. The fourth-order valence-corrected chi connectivity index (χ4v) is 9.53. The van der Waals surface area contributed by atoms with Crippen molar-refractivity contribution in [3.05, 3.63) is 130 Å².